The molecule has 0 aliphatic heterocycles. The first-order valence-corrected chi connectivity index (χ1v) is 4.23. The van der Waals surface area contributed by atoms with Gasteiger partial charge in [-0.25, -0.2) is 0 Å². The largest absolute Gasteiger partial charge is 0.295 e. The Hall–Kier alpha value is -0.850. The molecule has 0 bridgehead atoms. The Morgan fingerprint density at radius 3 is 3.00 bits per heavy atom. The molecule has 0 aromatic heterocycles. The molecule has 0 amide bonds. The summed E-state index contributed by atoms with van der Waals surface area (Å²) >= 11 is 0. The first-order chi connectivity index (χ1) is 5.33. The van der Waals surface area contributed by atoms with Crippen molar-refractivity contribution in [3.8, 4) is 0 Å². The second-order valence-corrected chi connectivity index (χ2v) is 2.85. The molecule has 0 atom stereocenters. The molecule has 1 heteroatoms. The third-order valence-electron chi connectivity index (χ3n) is 1.80. The Morgan fingerprint density at radius 1 is 1.55 bits per heavy atom. The van der Waals surface area contributed by atoms with E-state index in [4.69, 9.17) is 0 Å². The maximum atomic E-state index is 10.9. The van der Waals surface area contributed by atoms with E-state index < -0.39 is 0 Å². The van der Waals surface area contributed by atoms with Gasteiger partial charge in [-0.05, 0) is 30.9 Å². The Bertz CT molecular complexity index is 199. The molecule has 1 aliphatic carbocycles. The molecule has 1 nitrogen and oxygen atoms in total. The highest BCUT2D eigenvalue weighted by molar-refractivity contribution is 5.91. The van der Waals surface area contributed by atoms with E-state index in [0.29, 0.717) is 0 Å². The molecule has 0 aromatic rings. The standard InChI is InChI=1S/C10H14O/c1-2-3-5-9-6-4-7-10(11)8-9/h3,5,8H,2,4,6-7H2,1H3/b5-3+. The van der Waals surface area contributed by atoms with Crippen LogP contribution in [0, 0.1) is 0 Å². The minimum Gasteiger partial charge on any atom is -0.295 e. The summed E-state index contributed by atoms with van der Waals surface area (Å²) in [5.41, 5.74) is 1.20. The van der Waals surface area contributed by atoms with Crippen LogP contribution in [-0.4, -0.2) is 5.78 Å². The summed E-state index contributed by atoms with van der Waals surface area (Å²) in [5.74, 6) is 0.284. The van der Waals surface area contributed by atoms with Crippen LogP contribution in [0.4, 0.5) is 0 Å². The van der Waals surface area contributed by atoms with Crippen molar-refractivity contribution >= 4 is 5.78 Å². The SMILES string of the molecule is CC/C=C/C1=CC(=O)CCC1. The highest BCUT2D eigenvalue weighted by atomic mass is 16.1. The van der Waals surface area contributed by atoms with E-state index in [1.54, 1.807) is 6.08 Å². The molecule has 0 spiro atoms. The van der Waals surface area contributed by atoms with Gasteiger partial charge in [0.2, 0.25) is 0 Å². The monoisotopic (exact) mass is 150 g/mol. The molecule has 11 heavy (non-hydrogen) atoms. The second kappa shape index (κ2) is 4.12. The van der Waals surface area contributed by atoms with E-state index in [-0.39, 0.29) is 5.78 Å². The number of carbonyl (C=O) groups is 1. The molecule has 0 aromatic carbocycles. The number of hydrogen-bond acceptors (Lipinski definition) is 1. The predicted molar refractivity (Wildman–Crippen MR) is 46.4 cm³/mol. The summed E-state index contributed by atoms with van der Waals surface area (Å²) in [6.45, 7) is 2.10. The highest BCUT2D eigenvalue weighted by Gasteiger charge is 2.06. The number of rotatable bonds is 2. The summed E-state index contributed by atoms with van der Waals surface area (Å²) in [6, 6.07) is 0. The van der Waals surface area contributed by atoms with Crippen LogP contribution in [0.1, 0.15) is 32.6 Å². The van der Waals surface area contributed by atoms with Crippen LogP contribution in [0.2, 0.25) is 0 Å². The molecular formula is C10H14O. The van der Waals surface area contributed by atoms with E-state index in [2.05, 4.69) is 19.1 Å². The third kappa shape index (κ3) is 2.71. The number of ketones is 1. The Kier molecular flexibility index (Phi) is 3.09. The average Bonchev–Trinajstić information content (AvgIpc) is 2.01. The van der Waals surface area contributed by atoms with Gasteiger partial charge >= 0.3 is 0 Å². The molecule has 0 unspecified atom stereocenters. The second-order valence-electron chi connectivity index (χ2n) is 2.85. The summed E-state index contributed by atoms with van der Waals surface area (Å²) in [5, 5.41) is 0. The molecule has 0 N–H and O–H groups in total. The van der Waals surface area contributed by atoms with Crippen molar-refractivity contribution < 1.29 is 4.79 Å². The molecule has 0 saturated carbocycles. The van der Waals surface area contributed by atoms with Gasteiger partial charge in [-0.15, -0.1) is 0 Å². The third-order valence-corrected chi connectivity index (χ3v) is 1.80. The van der Waals surface area contributed by atoms with Gasteiger partial charge in [0.15, 0.2) is 5.78 Å². The topological polar surface area (TPSA) is 17.1 Å². The van der Waals surface area contributed by atoms with Gasteiger partial charge in [0.25, 0.3) is 0 Å². The van der Waals surface area contributed by atoms with Gasteiger partial charge in [-0.1, -0.05) is 19.1 Å². The van der Waals surface area contributed by atoms with Crippen molar-refractivity contribution in [1.82, 2.24) is 0 Å². The fraction of sp³-hybridized carbons (Fsp3) is 0.500. The molecule has 60 valence electrons. The summed E-state index contributed by atoms with van der Waals surface area (Å²) in [4.78, 5) is 10.9. The molecule has 0 fully saturated rings. The zero-order valence-electron chi connectivity index (χ0n) is 6.97. The van der Waals surface area contributed by atoms with Crippen molar-refractivity contribution in [2.45, 2.75) is 32.6 Å². The molecule has 0 heterocycles. The fourth-order valence-electron chi connectivity index (χ4n) is 1.22. The molecule has 0 radical (unpaired) electrons. The van der Waals surface area contributed by atoms with Crippen LogP contribution in [0.3, 0.4) is 0 Å². The number of hydrogen-bond donors (Lipinski definition) is 0. The van der Waals surface area contributed by atoms with Crippen molar-refractivity contribution in [1.29, 1.82) is 0 Å². The highest BCUT2D eigenvalue weighted by Crippen LogP contribution is 2.15. The maximum absolute atomic E-state index is 10.9. The van der Waals surface area contributed by atoms with Gasteiger partial charge < -0.3 is 0 Å². The van der Waals surface area contributed by atoms with Crippen LogP contribution in [-0.2, 0) is 4.79 Å². The van der Waals surface area contributed by atoms with E-state index in [9.17, 15) is 4.79 Å². The molecule has 1 aliphatic rings. The smallest absolute Gasteiger partial charge is 0.155 e. The van der Waals surface area contributed by atoms with Gasteiger partial charge in [-0.3, -0.25) is 4.79 Å². The van der Waals surface area contributed by atoms with Crippen LogP contribution in [0.5, 0.6) is 0 Å². The molecule has 0 saturated heterocycles. The number of carbonyl (C=O) groups excluding carboxylic acids is 1. The van der Waals surface area contributed by atoms with Gasteiger partial charge in [-0.2, -0.15) is 0 Å². The lowest BCUT2D eigenvalue weighted by molar-refractivity contribution is -0.115. The van der Waals surface area contributed by atoms with Crippen molar-refractivity contribution in [2.24, 2.45) is 0 Å². The molecule has 1 rings (SSSR count). The van der Waals surface area contributed by atoms with E-state index in [0.717, 1.165) is 25.7 Å². The lowest BCUT2D eigenvalue weighted by Crippen LogP contribution is -2.00. The van der Waals surface area contributed by atoms with Crippen molar-refractivity contribution in [3.05, 3.63) is 23.8 Å². The Morgan fingerprint density at radius 2 is 2.36 bits per heavy atom. The fourth-order valence-corrected chi connectivity index (χ4v) is 1.22. The lowest BCUT2D eigenvalue weighted by atomic mass is 9.98. The quantitative estimate of drug-likeness (QED) is 0.591. The van der Waals surface area contributed by atoms with Crippen LogP contribution >= 0.6 is 0 Å². The zero-order chi connectivity index (χ0) is 8.10. The Balaban J connectivity index is 2.56. The predicted octanol–water partition coefficient (Wildman–Crippen LogP) is 2.63. The summed E-state index contributed by atoms with van der Waals surface area (Å²) < 4.78 is 0. The van der Waals surface area contributed by atoms with E-state index in [1.807, 2.05) is 0 Å². The van der Waals surface area contributed by atoms with E-state index >= 15 is 0 Å². The van der Waals surface area contributed by atoms with Crippen LogP contribution in [0.15, 0.2) is 23.8 Å². The Labute approximate surface area is 67.8 Å². The lowest BCUT2D eigenvalue weighted by Gasteiger charge is -2.06. The van der Waals surface area contributed by atoms with Gasteiger partial charge in [0, 0.05) is 6.42 Å². The maximum Gasteiger partial charge on any atom is 0.155 e. The van der Waals surface area contributed by atoms with Crippen molar-refractivity contribution in [3.63, 3.8) is 0 Å². The first kappa shape index (κ1) is 8.25. The van der Waals surface area contributed by atoms with Crippen molar-refractivity contribution in [2.75, 3.05) is 0 Å². The normalized spacial score (nSPS) is 19.0. The summed E-state index contributed by atoms with van der Waals surface area (Å²) in [6.07, 6.45) is 9.83. The van der Waals surface area contributed by atoms with Gasteiger partial charge in [0.1, 0.15) is 0 Å². The minimum atomic E-state index is 0.284. The minimum absolute atomic E-state index is 0.284. The average molecular weight is 150 g/mol. The van der Waals surface area contributed by atoms with Crippen LogP contribution in [0.25, 0.3) is 0 Å². The number of allylic oxidation sites excluding steroid dienone is 4. The summed E-state index contributed by atoms with van der Waals surface area (Å²) in [7, 11) is 0. The zero-order valence-corrected chi connectivity index (χ0v) is 6.97. The van der Waals surface area contributed by atoms with Crippen LogP contribution < -0.4 is 0 Å². The van der Waals surface area contributed by atoms with Gasteiger partial charge in [0.05, 0.1) is 0 Å². The van der Waals surface area contributed by atoms with E-state index in [1.165, 1.54) is 5.57 Å². The first-order valence-electron chi connectivity index (χ1n) is 4.23. The molecular weight excluding hydrogens is 136 g/mol.